The van der Waals surface area contributed by atoms with Gasteiger partial charge in [-0.2, -0.15) is 0 Å². The van der Waals surface area contributed by atoms with E-state index in [-0.39, 0.29) is 5.91 Å². The van der Waals surface area contributed by atoms with Gasteiger partial charge in [-0.05, 0) is 25.5 Å². The molecule has 0 bridgehead atoms. The summed E-state index contributed by atoms with van der Waals surface area (Å²) < 4.78 is 0. The number of nitrogens with zero attached hydrogens (tertiary/aromatic N) is 2. The van der Waals surface area contributed by atoms with Crippen molar-refractivity contribution in [2.75, 3.05) is 11.9 Å². The predicted octanol–water partition coefficient (Wildman–Crippen LogP) is 0.544. The smallest absolute Gasteiger partial charge is 0.229 e. The fourth-order valence-electron chi connectivity index (χ4n) is 0.981. The molecule has 76 valence electrons. The first-order chi connectivity index (χ1) is 6.83. The van der Waals surface area contributed by atoms with Gasteiger partial charge in [0.05, 0.1) is 0 Å². The first kappa shape index (κ1) is 10.6. The van der Waals surface area contributed by atoms with Crippen LogP contribution in [-0.4, -0.2) is 22.4 Å². The fourth-order valence-corrected chi connectivity index (χ4v) is 0.981. The van der Waals surface area contributed by atoms with E-state index in [0.29, 0.717) is 18.9 Å². The summed E-state index contributed by atoms with van der Waals surface area (Å²) in [4.78, 5) is 19.0. The van der Waals surface area contributed by atoms with Gasteiger partial charge in [-0.1, -0.05) is 0 Å². The van der Waals surface area contributed by atoms with Gasteiger partial charge in [-0.25, -0.2) is 9.97 Å². The molecule has 0 aliphatic heterocycles. The Bertz CT molecular complexity index is 275. The van der Waals surface area contributed by atoms with E-state index in [4.69, 9.17) is 5.73 Å². The van der Waals surface area contributed by atoms with E-state index in [9.17, 15) is 4.79 Å². The molecule has 0 aliphatic carbocycles. The van der Waals surface area contributed by atoms with Crippen molar-refractivity contribution in [3.63, 3.8) is 0 Å². The van der Waals surface area contributed by atoms with Crippen LogP contribution in [0.5, 0.6) is 0 Å². The molecule has 5 nitrogen and oxygen atoms in total. The lowest BCUT2D eigenvalue weighted by Gasteiger charge is -2.01. The Hall–Kier alpha value is -1.49. The number of amides is 1. The van der Waals surface area contributed by atoms with Gasteiger partial charge in [-0.3, -0.25) is 10.1 Å². The molecule has 0 unspecified atom stereocenters. The minimum absolute atomic E-state index is 0.0651. The van der Waals surface area contributed by atoms with Crippen LogP contribution in [0.25, 0.3) is 0 Å². The molecule has 0 aliphatic rings. The normalized spacial score (nSPS) is 9.79. The second-order valence-corrected chi connectivity index (χ2v) is 2.87. The largest absolute Gasteiger partial charge is 0.330 e. The predicted molar refractivity (Wildman–Crippen MR) is 53.6 cm³/mol. The van der Waals surface area contributed by atoms with Crippen LogP contribution >= 0.6 is 0 Å². The number of rotatable bonds is 5. The van der Waals surface area contributed by atoms with Crippen LogP contribution in [0.2, 0.25) is 0 Å². The number of carbonyl (C=O) groups is 1. The van der Waals surface area contributed by atoms with Gasteiger partial charge in [0.15, 0.2) is 0 Å². The summed E-state index contributed by atoms with van der Waals surface area (Å²) in [6, 6.07) is 1.70. The summed E-state index contributed by atoms with van der Waals surface area (Å²) in [5.74, 6) is 0.287. The second-order valence-electron chi connectivity index (χ2n) is 2.87. The van der Waals surface area contributed by atoms with Crippen molar-refractivity contribution >= 4 is 11.9 Å². The highest BCUT2D eigenvalue weighted by Gasteiger charge is 2.02. The van der Waals surface area contributed by atoms with E-state index in [0.717, 1.165) is 12.8 Å². The molecular weight excluding hydrogens is 180 g/mol. The van der Waals surface area contributed by atoms with Crippen molar-refractivity contribution in [3.8, 4) is 0 Å². The van der Waals surface area contributed by atoms with Crippen molar-refractivity contribution in [2.45, 2.75) is 19.3 Å². The van der Waals surface area contributed by atoms with E-state index < -0.39 is 0 Å². The molecular formula is C9H14N4O. The molecule has 1 heterocycles. The number of anilines is 1. The van der Waals surface area contributed by atoms with Gasteiger partial charge in [0.25, 0.3) is 0 Å². The third-order valence-corrected chi connectivity index (χ3v) is 1.67. The fraction of sp³-hybridized carbons (Fsp3) is 0.444. The number of nitrogens with two attached hydrogens (primary N) is 1. The van der Waals surface area contributed by atoms with Crippen molar-refractivity contribution in [3.05, 3.63) is 18.5 Å². The molecule has 1 aromatic heterocycles. The third-order valence-electron chi connectivity index (χ3n) is 1.67. The van der Waals surface area contributed by atoms with Crippen molar-refractivity contribution in [2.24, 2.45) is 5.73 Å². The SMILES string of the molecule is NCCCCC(=O)Nc1ncccn1. The van der Waals surface area contributed by atoms with Crippen LogP contribution in [0.4, 0.5) is 5.95 Å². The van der Waals surface area contributed by atoms with Gasteiger partial charge in [0.1, 0.15) is 0 Å². The molecule has 0 fully saturated rings. The highest BCUT2D eigenvalue weighted by atomic mass is 16.1. The topological polar surface area (TPSA) is 80.9 Å². The van der Waals surface area contributed by atoms with Crippen LogP contribution in [-0.2, 0) is 4.79 Å². The zero-order valence-corrected chi connectivity index (χ0v) is 7.94. The number of hydrogen-bond acceptors (Lipinski definition) is 4. The van der Waals surface area contributed by atoms with Crippen LogP contribution in [0.3, 0.4) is 0 Å². The molecule has 0 atom stereocenters. The Kier molecular flexibility index (Phi) is 4.57. The standard InChI is InChI=1S/C9H14N4O/c10-5-2-1-4-8(14)13-9-11-6-3-7-12-9/h3,6-7H,1-2,4-5,10H2,(H,11,12,13,14). The van der Waals surface area contributed by atoms with Crippen molar-refractivity contribution < 1.29 is 4.79 Å². The lowest BCUT2D eigenvalue weighted by atomic mass is 10.2. The summed E-state index contributed by atoms with van der Waals surface area (Å²) >= 11 is 0. The lowest BCUT2D eigenvalue weighted by Crippen LogP contribution is -2.13. The van der Waals surface area contributed by atoms with Crippen molar-refractivity contribution in [1.29, 1.82) is 0 Å². The Balaban J connectivity index is 2.27. The van der Waals surface area contributed by atoms with Gasteiger partial charge in [-0.15, -0.1) is 0 Å². The van der Waals surface area contributed by atoms with Crippen LogP contribution in [0.15, 0.2) is 18.5 Å². The van der Waals surface area contributed by atoms with E-state index in [1.165, 1.54) is 0 Å². The minimum Gasteiger partial charge on any atom is -0.330 e. The molecule has 0 spiro atoms. The maximum Gasteiger partial charge on any atom is 0.229 e. The van der Waals surface area contributed by atoms with E-state index in [2.05, 4.69) is 15.3 Å². The highest BCUT2D eigenvalue weighted by Crippen LogP contribution is 1.99. The molecule has 0 saturated heterocycles. The van der Waals surface area contributed by atoms with E-state index in [1.54, 1.807) is 18.5 Å². The highest BCUT2D eigenvalue weighted by molar-refractivity contribution is 5.88. The van der Waals surface area contributed by atoms with Crippen LogP contribution < -0.4 is 11.1 Å². The lowest BCUT2D eigenvalue weighted by molar-refractivity contribution is -0.116. The Morgan fingerprint density at radius 1 is 1.36 bits per heavy atom. The quantitative estimate of drug-likeness (QED) is 0.670. The van der Waals surface area contributed by atoms with Gasteiger partial charge < -0.3 is 5.73 Å². The number of nitrogens with one attached hydrogen (secondary N) is 1. The Labute approximate surface area is 82.7 Å². The zero-order chi connectivity index (χ0) is 10.2. The molecule has 0 radical (unpaired) electrons. The molecule has 5 heteroatoms. The summed E-state index contributed by atoms with van der Waals surface area (Å²) in [7, 11) is 0. The maximum atomic E-state index is 11.3. The van der Waals surface area contributed by atoms with Crippen LogP contribution in [0.1, 0.15) is 19.3 Å². The number of hydrogen-bond donors (Lipinski definition) is 2. The van der Waals surface area contributed by atoms with Gasteiger partial charge in [0.2, 0.25) is 11.9 Å². The van der Waals surface area contributed by atoms with Gasteiger partial charge in [0, 0.05) is 18.8 Å². The average molecular weight is 194 g/mol. The molecule has 14 heavy (non-hydrogen) atoms. The van der Waals surface area contributed by atoms with E-state index >= 15 is 0 Å². The summed E-state index contributed by atoms with van der Waals surface area (Å²) in [6.45, 7) is 0.620. The van der Waals surface area contributed by atoms with E-state index in [1.807, 2.05) is 0 Å². The van der Waals surface area contributed by atoms with Crippen molar-refractivity contribution in [1.82, 2.24) is 9.97 Å². The molecule has 1 aromatic rings. The maximum absolute atomic E-state index is 11.3. The van der Waals surface area contributed by atoms with Gasteiger partial charge >= 0.3 is 0 Å². The summed E-state index contributed by atoms with van der Waals surface area (Å²) in [5, 5.41) is 2.60. The molecule has 1 rings (SSSR count). The third kappa shape index (κ3) is 3.95. The summed E-state index contributed by atoms with van der Waals surface area (Å²) in [6.07, 6.45) is 5.30. The number of unbranched alkanes of at least 4 members (excludes halogenated alkanes) is 1. The average Bonchev–Trinajstić information content (AvgIpc) is 2.20. The number of carbonyl (C=O) groups excluding carboxylic acids is 1. The molecule has 0 aromatic carbocycles. The Morgan fingerprint density at radius 3 is 2.71 bits per heavy atom. The number of aromatic nitrogens is 2. The molecule has 0 saturated carbocycles. The minimum atomic E-state index is -0.0651. The zero-order valence-electron chi connectivity index (χ0n) is 7.94. The molecule has 3 N–H and O–H groups in total. The Morgan fingerprint density at radius 2 is 2.07 bits per heavy atom. The first-order valence-corrected chi connectivity index (χ1v) is 4.60. The first-order valence-electron chi connectivity index (χ1n) is 4.60. The monoisotopic (exact) mass is 194 g/mol. The molecule has 1 amide bonds. The summed E-state index contributed by atoms with van der Waals surface area (Å²) in [5.41, 5.74) is 5.31. The van der Waals surface area contributed by atoms with Crippen LogP contribution in [0, 0.1) is 0 Å². The second kappa shape index (κ2) is 6.04.